The van der Waals surface area contributed by atoms with Gasteiger partial charge in [0.05, 0.1) is 0 Å². The number of carbonyl (C=O) groups excluding carboxylic acids is 1. The summed E-state index contributed by atoms with van der Waals surface area (Å²) in [5.41, 5.74) is 0. The van der Waals surface area contributed by atoms with Gasteiger partial charge in [0.1, 0.15) is 0 Å². The van der Waals surface area contributed by atoms with Crippen LogP contribution >= 0.6 is 0 Å². The minimum atomic E-state index is -0.742. The summed E-state index contributed by atoms with van der Waals surface area (Å²) in [5, 5.41) is 8.73. The number of aliphatic carboxylic acids is 1. The monoisotopic (exact) mass is 282 g/mol. The fourth-order valence-corrected chi connectivity index (χ4v) is 3.36. The lowest BCUT2D eigenvalue weighted by Crippen LogP contribution is -2.51. The molecule has 2 saturated heterocycles. The average Bonchev–Trinajstić information content (AvgIpc) is 2.87. The molecule has 3 unspecified atom stereocenters. The van der Waals surface area contributed by atoms with Crippen LogP contribution in [0.3, 0.4) is 0 Å². The molecule has 2 heterocycles. The van der Waals surface area contributed by atoms with E-state index in [0.29, 0.717) is 24.3 Å². The van der Waals surface area contributed by atoms with Gasteiger partial charge in [-0.3, -0.25) is 4.79 Å². The topological polar surface area (TPSA) is 60.9 Å². The number of carbonyl (C=O) groups is 2. The van der Waals surface area contributed by atoms with Crippen molar-refractivity contribution in [1.29, 1.82) is 0 Å². The van der Waals surface area contributed by atoms with E-state index >= 15 is 0 Å². The van der Waals surface area contributed by atoms with E-state index in [-0.39, 0.29) is 12.5 Å². The van der Waals surface area contributed by atoms with Crippen LogP contribution in [0, 0.1) is 11.8 Å². The normalized spacial score (nSPS) is 30.6. The van der Waals surface area contributed by atoms with Crippen molar-refractivity contribution in [2.75, 3.05) is 19.6 Å². The summed E-state index contributed by atoms with van der Waals surface area (Å²) in [6, 6.07) is 0.469. The smallest absolute Gasteiger partial charge is 0.320 e. The summed E-state index contributed by atoms with van der Waals surface area (Å²) in [6.45, 7) is 6.72. The van der Waals surface area contributed by atoms with Gasteiger partial charge in [-0.15, -0.1) is 0 Å². The van der Waals surface area contributed by atoms with Crippen LogP contribution in [0.5, 0.6) is 0 Å². The summed E-state index contributed by atoms with van der Waals surface area (Å²) in [4.78, 5) is 27.1. The molecule has 2 rings (SSSR count). The first-order chi connectivity index (χ1) is 9.49. The molecule has 5 heteroatoms. The molecule has 0 radical (unpaired) electrons. The number of carboxylic acids is 1. The third kappa shape index (κ3) is 3.44. The molecule has 2 aliphatic rings. The zero-order valence-electron chi connectivity index (χ0n) is 12.5. The number of urea groups is 1. The van der Waals surface area contributed by atoms with Crippen molar-refractivity contribution in [3.05, 3.63) is 0 Å². The number of likely N-dealkylation sites (tertiary alicyclic amines) is 2. The number of amides is 2. The molecule has 20 heavy (non-hydrogen) atoms. The average molecular weight is 282 g/mol. The number of piperidine rings is 1. The Kier molecular flexibility index (Phi) is 4.89. The lowest BCUT2D eigenvalue weighted by molar-refractivity contribution is -0.137. The maximum absolute atomic E-state index is 12.6. The molecular formula is C15H26N2O3. The van der Waals surface area contributed by atoms with Crippen molar-refractivity contribution in [3.8, 4) is 0 Å². The minimum Gasteiger partial charge on any atom is -0.481 e. The fraction of sp³-hybridized carbons (Fsp3) is 0.867. The van der Waals surface area contributed by atoms with Crippen LogP contribution in [0.1, 0.15) is 46.0 Å². The first kappa shape index (κ1) is 15.1. The van der Waals surface area contributed by atoms with E-state index in [0.717, 1.165) is 32.5 Å². The van der Waals surface area contributed by atoms with Crippen LogP contribution in [-0.2, 0) is 4.79 Å². The Morgan fingerprint density at radius 2 is 1.95 bits per heavy atom. The zero-order valence-corrected chi connectivity index (χ0v) is 12.5. The molecule has 114 valence electrons. The van der Waals surface area contributed by atoms with E-state index in [1.54, 1.807) is 0 Å². The van der Waals surface area contributed by atoms with Gasteiger partial charge in [0.2, 0.25) is 0 Å². The summed E-state index contributed by atoms with van der Waals surface area (Å²) in [5.74, 6) is 0.180. The number of nitrogens with zero attached hydrogens (tertiary/aromatic N) is 2. The van der Waals surface area contributed by atoms with E-state index in [9.17, 15) is 9.59 Å². The molecule has 2 amide bonds. The molecule has 0 aliphatic carbocycles. The summed E-state index contributed by atoms with van der Waals surface area (Å²) < 4.78 is 0. The van der Waals surface area contributed by atoms with E-state index in [1.165, 1.54) is 6.42 Å². The molecule has 0 aromatic rings. The molecular weight excluding hydrogens is 256 g/mol. The number of hydrogen-bond donors (Lipinski definition) is 1. The van der Waals surface area contributed by atoms with E-state index in [1.807, 2.05) is 9.80 Å². The van der Waals surface area contributed by atoms with Crippen LogP contribution in [0.4, 0.5) is 4.79 Å². The Morgan fingerprint density at radius 3 is 2.65 bits per heavy atom. The second-order valence-corrected chi connectivity index (χ2v) is 6.37. The molecule has 0 saturated carbocycles. The quantitative estimate of drug-likeness (QED) is 0.864. The first-order valence-corrected chi connectivity index (χ1v) is 7.76. The van der Waals surface area contributed by atoms with Crippen molar-refractivity contribution in [3.63, 3.8) is 0 Å². The third-order valence-electron chi connectivity index (χ3n) is 4.94. The van der Waals surface area contributed by atoms with Gasteiger partial charge >= 0.3 is 12.0 Å². The van der Waals surface area contributed by atoms with Crippen molar-refractivity contribution in [1.82, 2.24) is 9.80 Å². The molecule has 1 N–H and O–H groups in total. The second-order valence-electron chi connectivity index (χ2n) is 6.37. The van der Waals surface area contributed by atoms with Gasteiger partial charge in [-0.05, 0) is 44.4 Å². The highest BCUT2D eigenvalue weighted by Crippen LogP contribution is 2.27. The van der Waals surface area contributed by atoms with Gasteiger partial charge in [0.15, 0.2) is 0 Å². The third-order valence-corrected chi connectivity index (χ3v) is 4.94. The highest BCUT2D eigenvalue weighted by Gasteiger charge is 2.34. The Morgan fingerprint density at radius 1 is 1.20 bits per heavy atom. The van der Waals surface area contributed by atoms with Crippen LogP contribution in [0.25, 0.3) is 0 Å². The number of carboxylic acid groups (broad SMARTS) is 1. The van der Waals surface area contributed by atoms with Gasteiger partial charge in [-0.25, -0.2) is 4.79 Å². The van der Waals surface area contributed by atoms with E-state index in [2.05, 4.69) is 13.8 Å². The standard InChI is InChI=1S/C15H26N2O3/c1-11-4-3-8-17(12(11)2)15(20)16-9-7-13(10-16)5-6-14(18)19/h11-13H,3-10H2,1-2H3,(H,18,19). The van der Waals surface area contributed by atoms with Gasteiger partial charge in [0, 0.05) is 32.1 Å². The summed E-state index contributed by atoms with van der Waals surface area (Å²) >= 11 is 0. The van der Waals surface area contributed by atoms with Crippen molar-refractivity contribution in [2.24, 2.45) is 11.8 Å². The van der Waals surface area contributed by atoms with Crippen LogP contribution < -0.4 is 0 Å². The van der Waals surface area contributed by atoms with Gasteiger partial charge < -0.3 is 14.9 Å². The Labute approximate surface area is 120 Å². The number of rotatable bonds is 3. The zero-order chi connectivity index (χ0) is 14.7. The van der Waals surface area contributed by atoms with E-state index < -0.39 is 5.97 Å². The Bertz CT molecular complexity index is 372. The Balaban J connectivity index is 1.86. The summed E-state index contributed by atoms with van der Waals surface area (Å²) in [6.07, 6.45) is 4.13. The maximum atomic E-state index is 12.6. The largest absolute Gasteiger partial charge is 0.481 e. The highest BCUT2D eigenvalue weighted by atomic mass is 16.4. The van der Waals surface area contributed by atoms with Gasteiger partial charge in [-0.2, -0.15) is 0 Å². The summed E-state index contributed by atoms with van der Waals surface area (Å²) in [7, 11) is 0. The molecule has 0 aromatic carbocycles. The van der Waals surface area contributed by atoms with Gasteiger partial charge in [0.25, 0.3) is 0 Å². The molecule has 0 bridgehead atoms. The SMILES string of the molecule is CC1CCCN(C(=O)N2CCC(CCC(=O)O)C2)C1C. The fourth-order valence-electron chi connectivity index (χ4n) is 3.36. The van der Waals surface area contributed by atoms with Crippen molar-refractivity contribution < 1.29 is 14.7 Å². The predicted molar refractivity (Wildman–Crippen MR) is 76.5 cm³/mol. The number of hydrogen-bond acceptors (Lipinski definition) is 2. The maximum Gasteiger partial charge on any atom is 0.320 e. The van der Waals surface area contributed by atoms with Crippen LogP contribution in [-0.4, -0.2) is 52.6 Å². The molecule has 2 aliphatic heterocycles. The molecule has 3 atom stereocenters. The molecule has 0 spiro atoms. The Hall–Kier alpha value is -1.26. The highest BCUT2D eigenvalue weighted by molar-refractivity contribution is 5.75. The van der Waals surface area contributed by atoms with Crippen LogP contribution in [0.15, 0.2) is 0 Å². The molecule has 2 fully saturated rings. The van der Waals surface area contributed by atoms with Gasteiger partial charge in [-0.1, -0.05) is 6.92 Å². The second kappa shape index (κ2) is 6.46. The molecule has 0 aromatic heterocycles. The van der Waals surface area contributed by atoms with Crippen molar-refractivity contribution >= 4 is 12.0 Å². The lowest BCUT2D eigenvalue weighted by atomic mass is 9.92. The lowest BCUT2D eigenvalue weighted by Gasteiger charge is -2.40. The van der Waals surface area contributed by atoms with E-state index in [4.69, 9.17) is 5.11 Å². The minimum absolute atomic E-state index is 0.155. The molecule has 5 nitrogen and oxygen atoms in total. The predicted octanol–water partition coefficient (Wildman–Crippen LogP) is 2.41. The van der Waals surface area contributed by atoms with Crippen molar-refractivity contribution in [2.45, 2.75) is 52.0 Å². The first-order valence-electron chi connectivity index (χ1n) is 7.76. The van der Waals surface area contributed by atoms with Crippen LogP contribution in [0.2, 0.25) is 0 Å².